The van der Waals surface area contributed by atoms with Crippen molar-refractivity contribution in [1.29, 1.82) is 0 Å². The number of thioether (sulfide) groups is 1. The van der Waals surface area contributed by atoms with E-state index in [-0.39, 0.29) is 11.2 Å². The van der Waals surface area contributed by atoms with E-state index in [2.05, 4.69) is 0 Å². The minimum absolute atomic E-state index is 0.157. The molecular weight excluding hydrogens is 208 g/mol. The van der Waals surface area contributed by atoms with Gasteiger partial charge < -0.3 is 5.11 Å². The molecule has 1 aromatic rings. The van der Waals surface area contributed by atoms with Crippen LogP contribution in [0.3, 0.4) is 0 Å². The molecule has 2 nitrogen and oxygen atoms in total. The third-order valence-electron chi connectivity index (χ3n) is 2.80. The van der Waals surface area contributed by atoms with Crippen LogP contribution in [0.1, 0.15) is 19.3 Å². The number of carbonyl (C=O) groups is 1. The first-order valence-corrected chi connectivity index (χ1v) is 6.10. The highest BCUT2D eigenvalue weighted by atomic mass is 32.2. The van der Waals surface area contributed by atoms with Crippen LogP contribution in [0.15, 0.2) is 35.2 Å². The van der Waals surface area contributed by atoms with Crippen molar-refractivity contribution in [2.45, 2.75) is 29.4 Å². The minimum atomic E-state index is -0.638. The van der Waals surface area contributed by atoms with Gasteiger partial charge in [0.25, 0.3) is 0 Å². The molecular formula is C12H14O2S. The predicted octanol–water partition coefficient (Wildman–Crippen LogP) is 3.03. The number of benzene rings is 1. The summed E-state index contributed by atoms with van der Waals surface area (Å²) < 4.78 is 0. The zero-order valence-corrected chi connectivity index (χ0v) is 9.24. The molecule has 1 aliphatic carbocycles. The Balaban J connectivity index is 2.03. The second-order valence-electron chi connectivity index (χ2n) is 3.84. The average Bonchev–Trinajstić information content (AvgIpc) is 2.67. The molecule has 0 aromatic heterocycles. The van der Waals surface area contributed by atoms with Crippen molar-refractivity contribution in [3.8, 4) is 0 Å². The number of hydrogen-bond donors (Lipinski definition) is 1. The third kappa shape index (κ3) is 2.53. The van der Waals surface area contributed by atoms with Gasteiger partial charge in [-0.05, 0) is 25.0 Å². The summed E-state index contributed by atoms with van der Waals surface area (Å²) in [6.45, 7) is 0. The standard InChI is InChI=1S/C12H14O2S/c13-12(14)10-7-4-8-11(10)15-9-5-2-1-3-6-9/h1-3,5-6,10-11H,4,7-8H2,(H,13,14)/t10-,11-/m0/s1. The van der Waals surface area contributed by atoms with Crippen LogP contribution in [0.4, 0.5) is 0 Å². The lowest BCUT2D eigenvalue weighted by Crippen LogP contribution is -2.19. The maximum absolute atomic E-state index is 11.0. The molecule has 0 saturated heterocycles. The summed E-state index contributed by atoms with van der Waals surface area (Å²) in [4.78, 5) is 12.2. The lowest BCUT2D eigenvalue weighted by Gasteiger charge is -2.14. The molecule has 15 heavy (non-hydrogen) atoms. The molecule has 0 unspecified atom stereocenters. The summed E-state index contributed by atoms with van der Waals surface area (Å²) in [7, 11) is 0. The Morgan fingerprint density at radius 1 is 1.27 bits per heavy atom. The Hall–Kier alpha value is -0.960. The van der Waals surface area contributed by atoms with E-state index in [0.717, 1.165) is 19.3 Å². The Morgan fingerprint density at radius 3 is 2.67 bits per heavy atom. The topological polar surface area (TPSA) is 37.3 Å². The van der Waals surface area contributed by atoms with E-state index in [1.165, 1.54) is 4.90 Å². The van der Waals surface area contributed by atoms with Crippen molar-refractivity contribution in [3.05, 3.63) is 30.3 Å². The van der Waals surface area contributed by atoms with E-state index in [4.69, 9.17) is 5.11 Å². The zero-order chi connectivity index (χ0) is 10.7. The smallest absolute Gasteiger partial charge is 0.307 e. The predicted molar refractivity (Wildman–Crippen MR) is 61.1 cm³/mol. The lowest BCUT2D eigenvalue weighted by atomic mass is 10.1. The summed E-state index contributed by atoms with van der Waals surface area (Å²) in [6.07, 6.45) is 2.90. The van der Waals surface area contributed by atoms with Gasteiger partial charge in [-0.1, -0.05) is 24.6 Å². The fourth-order valence-electron chi connectivity index (χ4n) is 2.02. The highest BCUT2D eigenvalue weighted by Crippen LogP contribution is 2.38. The van der Waals surface area contributed by atoms with E-state index < -0.39 is 5.97 Å². The van der Waals surface area contributed by atoms with Gasteiger partial charge in [-0.25, -0.2) is 0 Å². The van der Waals surface area contributed by atoms with Gasteiger partial charge in [0.05, 0.1) is 5.92 Å². The molecule has 0 aliphatic heterocycles. The van der Waals surface area contributed by atoms with Gasteiger partial charge in [0.1, 0.15) is 0 Å². The number of carboxylic acid groups (broad SMARTS) is 1. The molecule has 1 N–H and O–H groups in total. The first-order chi connectivity index (χ1) is 7.27. The van der Waals surface area contributed by atoms with E-state index in [1.807, 2.05) is 30.3 Å². The van der Waals surface area contributed by atoms with Gasteiger partial charge in [0.2, 0.25) is 0 Å². The van der Waals surface area contributed by atoms with Crippen LogP contribution in [-0.2, 0) is 4.79 Å². The summed E-state index contributed by atoms with van der Waals surface area (Å²) in [5.74, 6) is -0.795. The summed E-state index contributed by atoms with van der Waals surface area (Å²) >= 11 is 1.71. The molecule has 80 valence electrons. The maximum Gasteiger partial charge on any atom is 0.307 e. The van der Waals surface area contributed by atoms with Gasteiger partial charge in [-0.2, -0.15) is 0 Å². The first-order valence-electron chi connectivity index (χ1n) is 5.22. The zero-order valence-electron chi connectivity index (χ0n) is 8.43. The Labute approximate surface area is 93.7 Å². The number of rotatable bonds is 3. The second-order valence-corrected chi connectivity index (χ2v) is 5.16. The van der Waals surface area contributed by atoms with E-state index in [0.29, 0.717) is 0 Å². The fraction of sp³-hybridized carbons (Fsp3) is 0.417. The van der Waals surface area contributed by atoms with Crippen molar-refractivity contribution in [2.75, 3.05) is 0 Å². The maximum atomic E-state index is 11.0. The van der Waals surface area contributed by atoms with Crippen molar-refractivity contribution in [2.24, 2.45) is 5.92 Å². The van der Waals surface area contributed by atoms with Gasteiger partial charge in [-0.15, -0.1) is 11.8 Å². The van der Waals surface area contributed by atoms with Gasteiger partial charge in [0, 0.05) is 10.1 Å². The van der Waals surface area contributed by atoms with Crippen molar-refractivity contribution in [3.63, 3.8) is 0 Å². The molecule has 0 spiro atoms. The summed E-state index contributed by atoms with van der Waals surface area (Å²) in [5, 5.41) is 9.30. The van der Waals surface area contributed by atoms with Crippen LogP contribution in [0.25, 0.3) is 0 Å². The second kappa shape index (κ2) is 4.71. The number of hydrogen-bond acceptors (Lipinski definition) is 2. The first kappa shape index (κ1) is 10.6. The van der Waals surface area contributed by atoms with Crippen molar-refractivity contribution in [1.82, 2.24) is 0 Å². The average molecular weight is 222 g/mol. The summed E-state index contributed by atoms with van der Waals surface area (Å²) in [5.41, 5.74) is 0. The van der Waals surface area contributed by atoms with Gasteiger partial charge in [0.15, 0.2) is 0 Å². The SMILES string of the molecule is O=C(O)[C@H]1CCC[C@@H]1Sc1ccccc1. The van der Waals surface area contributed by atoms with Crippen LogP contribution in [0.2, 0.25) is 0 Å². The van der Waals surface area contributed by atoms with Crippen LogP contribution in [0, 0.1) is 5.92 Å². The van der Waals surface area contributed by atoms with Gasteiger partial charge in [-0.3, -0.25) is 4.79 Å². The molecule has 3 heteroatoms. The Kier molecular flexibility index (Phi) is 3.31. The van der Waals surface area contributed by atoms with Crippen LogP contribution in [0.5, 0.6) is 0 Å². The van der Waals surface area contributed by atoms with Crippen LogP contribution in [-0.4, -0.2) is 16.3 Å². The molecule has 0 radical (unpaired) electrons. The molecule has 1 aromatic carbocycles. The number of carboxylic acids is 1. The molecule has 0 bridgehead atoms. The molecule has 2 atom stereocenters. The molecule has 1 aliphatic rings. The monoisotopic (exact) mass is 222 g/mol. The summed E-state index contributed by atoms with van der Waals surface area (Å²) in [6, 6.07) is 10.1. The molecule has 1 fully saturated rings. The normalized spacial score (nSPS) is 25.3. The quantitative estimate of drug-likeness (QED) is 0.854. The highest BCUT2D eigenvalue weighted by molar-refractivity contribution is 8.00. The molecule has 2 rings (SSSR count). The van der Waals surface area contributed by atoms with E-state index in [9.17, 15) is 4.79 Å². The van der Waals surface area contributed by atoms with E-state index in [1.54, 1.807) is 11.8 Å². The van der Waals surface area contributed by atoms with Gasteiger partial charge >= 0.3 is 5.97 Å². The molecule has 0 amide bonds. The molecule has 0 heterocycles. The van der Waals surface area contributed by atoms with Crippen LogP contribution >= 0.6 is 11.8 Å². The highest BCUT2D eigenvalue weighted by Gasteiger charge is 2.33. The van der Waals surface area contributed by atoms with Crippen molar-refractivity contribution < 1.29 is 9.90 Å². The minimum Gasteiger partial charge on any atom is -0.481 e. The third-order valence-corrected chi connectivity index (χ3v) is 4.21. The van der Waals surface area contributed by atoms with Crippen LogP contribution < -0.4 is 0 Å². The van der Waals surface area contributed by atoms with E-state index >= 15 is 0 Å². The lowest BCUT2D eigenvalue weighted by molar-refractivity contribution is -0.141. The molecule has 1 saturated carbocycles. The fourth-order valence-corrected chi connectivity index (χ4v) is 3.39. The Morgan fingerprint density at radius 2 is 2.00 bits per heavy atom. The Bertz CT molecular complexity index is 337. The largest absolute Gasteiger partial charge is 0.481 e. The van der Waals surface area contributed by atoms with Crippen molar-refractivity contribution >= 4 is 17.7 Å². The number of aliphatic carboxylic acids is 1.